The van der Waals surface area contributed by atoms with E-state index in [2.05, 4.69) is 12.2 Å². The van der Waals surface area contributed by atoms with Crippen LogP contribution in [-0.4, -0.2) is 56.8 Å². The number of nitrogens with zero attached hydrogens (tertiary/aromatic N) is 2. The maximum atomic E-state index is 12.3. The van der Waals surface area contributed by atoms with Gasteiger partial charge in [0.25, 0.3) is 10.2 Å². The van der Waals surface area contributed by atoms with Crippen LogP contribution in [0, 0.1) is 0 Å². The van der Waals surface area contributed by atoms with Crippen molar-refractivity contribution in [3.8, 4) is 0 Å². The summed E-state index contributed by atoms with van der Waals surface area (Å²) in [6.45, 7) is 9.51. The highest BCUT2D eigenvalue weighted by molar-refractivity contribution is 7.86. The fraction of sp³-hybridized carbons (Fsp3) is 1.00. The molecule has 0 saturated heterocycles. The SMILES string of the molecule is CCCCN(CC)S(=O)(=O)N(C)CCCNCC. The predicted octanol–water partition coefficient (Wildman–Crippen LogP) is 1.28. The highest BCUT2D eigenvalue weighted by atomic mass is 32.2. The van der Waals surface area contributed by atoms with E-state index in [-0.39, 0.29) is 0 Å². The van der Waals surface area contributed by atoms with Crippen molar-refractivity contribution < 1.29 is 8.42 Å². The molecule has 0 radical (unpaired) electrons. The van der Waals surface area contributed by atoms with Gasteiger partial charge in [-0.15, -0.1) is 0 Å². The van der Waals surface area contributed by atoms with Gasteiger partial charge in [-0.1, -0.05) is 27.2 Å². The Morgan fingerprint density at radius 2 is 1.72 bits per heavy atom. The van der Waals surface area contributed by atoms with Gasteiger partial charge in [0.05, 0.1) is 0 Å². The molecule has 1 N–H and O–H groups in total. The van der Waals surface area contributed by atoms with E-state index in [9.17, 15) is 8.42 Å². The second-order valence-corrected chi connectivity index (χ2v) is 6.42. The fourth-order valence-electron chi connectivity index (χ4n) is 1.69. The first-order valence-corrected chi connectivity index (χ1v) is 8.32. The molecule has 0 heterocycles. The first kappa shape index (κ1) is 17.8. The molecule has 0 bridgehead atoms. The van der Waals surface area contributed by atoms with Crippen LogP contribution >= 0.6 is 0 Å². The molecule has 0 spiro atoms. The summed E-state index contributed by atoms with van der Waals surface area (Å²) in [5.41, 5.74) is 0. The number of hydrogen-bond donors (Lipinski definition) is 1. The molecule has 0 rings (SSSR count). The summed E-state index contributed by atoms with van der Waals surface area (Å²) in [4.78, 5) is 0. The zero-order chi connectivity index (χ0) is 14.0. The number of hydrogen-bond acceptors (Lipinski definition) is 3. The third-order valence-electron chi connectivity index (χ3n) is 2.91. The molecule has 5 nitrogen and oxygen atoms in total. The van der Waals surface area contributed by atoms with E-state index in [4.69, 9.17) is 0 Å². The van der Waals surface area contributed by atoms with Gasteiger partial charge in [-0.3, -0.25) is 0 Å². The molecule has 0 aliphatic carbocycles. The minimum atomic E-state index is -3.27. The summed E-state index contributed by atoms with van der Waals surface area (Å²) in [6, 6.07) is 0. The molecule has 0 fully saturated rings. The second kappa shape index (κ2) is 9.72. The number of rotatable bonds is 11. The van der Waals surface area contributed by atoms with E-state index in [0.29, 0.717) is 19.6 Å². The van der Waals surface area contributed by atoms with Crippen LogP contribution in [0.2, 0.25) is 0 Å². The van der Waals surface area contributed by atoms with Crippen molar-refractivity contribution in [1.82, 2.24) is 13.9 Å². The van der Waals surface area contributed by atoms with E-state index in [0.717, 1.165) is 32.4 Å². The molecule has 0 amide bonds. The van der Waals surface area contributed by atoms with E-state index in [1.165, 1.54) is 4.31 Å². The minimum Gasteiger partial charge on any atom is -0.317 e. The van der Waals surface area contributed by atoms with Crippen LogP contribution in [-0.2, 0) is 10.2 Å². The highest BCUT2D eigenvalue weighted by Gasteiger charge is 2.24. The Kier molecular flexibility index (Phi) is 9.63. The third-order valence-corrected chi connectivity index (χ3v) is 4.97. The molecular formula is C12H29N3O2S. The standard InChI is InChI=1S/C12H29N3O2S/c1-5-8-12-15(7-3)18(16,17)14(4)11-9-10-13-6-2/h13H,5-12H2,1-4H3. The molecule has 0 aromatic rings. The normalized spacial score (nSPS) is 12.6. The minimum absolute atomic E-state index is 0.542. The molecule has 6 heteroatoms. The van der Waals surface area contributed by atoms with Crippen LogP contribution < -0.4 is 5.32 Å². The Morgan fingerprint density at radius 3 is 2.22 bits per heavy atom. The van der Waals surface area contributed by atoms with Gasteiger partial charge in [-0.25, -0.2) is 0 Å². The Hall–Kier alpha value is -0.170. The largest absolute Gasteiger partial charge is 0.317 e. The van der Waals surface area contributed by atoms with Crippen molar-refractivity contribution >= 4 is 10.2 Å². The predicted molar refractivity (Wildman–Crippen MR) is 76.9 cm³/mol. The van der Waals surface area contributed by atoms with Crippen molar-refractivity contribution in [1.29, 1.82) is 0 Å². The van der Waals surface area contributed by atoms with E-state index >= 15 is 0 Å². The van der Waals surface area contributed by atoms with Crippen molar-refractivity contribution in [2.75, 3.05) is 39.8 Å². The molecule has 110 valence electrons. The Bertz CT molecular complexity index is 294. The number of nitrogens with one attached hydrogen (secondary N) is 1. The Balaban J connectivity index is 4.29. The summed E-state index contributed by atoms with van der Waals surface area (Å²) >= 11 is 0. The van der Waals surface area contributed by atoms with Crippen molar-refractivity contribution in [2.45, 2.75) is 40.0 Å². The van der Waals surface area contributed by atoms with Crippen LogP contribution in [0.25, 0.3) is 0 Å². The fourth-order valence-corrected chi connectivity index (χ4v) is 3.13. The molecule has 0 aliphatic rings. The van der Waals surface area contributed by atoms with E-state index in [1.807, 2.05) is 13.8 Å². The maximum Gasteiger partial charge on any atom is 0.281 e. The van der Waals surface area contributed by atoms with Gasteiger partial charge in [-0.05, 0) is 25.9 Å². The molecule has 0 aliphatic heterocycles. The summed E-state index contributed by atoms with van der Waals surface area (Å²) in [5, 5.41) is 3.20. The summed E-state index contributed by atoms with van der Waals surface area (Å²) in [5.74, 6) is 0. The average Bonchev–Trinajstić information content (AvgIpc) is 2.35. The Morgan fingerprint density at radius 1 is 1.06 bits per heavy atom. The van der Waals surface area contributed by atoms with E-state index in [1.54, 1.807) is 11.4 Å². The van der Waals surface area contributed by atoms with Crippen molar-refractivity contribution in [2.24, 2.45) is 0 Å². The second-order valence-electron chi connectivity index (χ2n) is 4.38. The van der Waals surface area contributed by atoms with Crippen LogP contribution in [0.15, 0.2) is 0 Å². The van der Waals surface area contributed by atoms with Gasteiger partial charge >= 0.3 is 0 Å². The first-order valence-electron chi connectivity index (χ1n) is 6.92. The van der Waals surface area contributed by atoms with Crippen LogP contribution in [0.1, 0.15) is 40.0 Å². The average molecular weight is 279 g/mol. The monoisotopic (exact) mass is 279 g/mol. The highest BCUT2D eigenvalue weighted by Crippen LogP contribution is 2.08. The zero-order valence-electron chi connectivity index (χ0n) is 12.3. The van der Waals surface area contributed by atoms with E-state index < -0.39 is 10.2 Å². The van der Waals surface area contributed by atoms with Crippen molar-refractivity contribution in [3.05, 3.63) is 0 Å². The van der Waals surface area contributed by atoms with Gasteiger partial charge in [0.15, 0.2) is 0 Å². The summed E-state index contributed by atoms with van der Waals surface area (Å²) in [7, 11) is -1.61. The van der Waals surface area contributed by atoms with Crippen LogP contribution in [0.5, 0.6) is 0 Å². The van der Waals surface area contributed by atoms with Crippen LogP contribution in [0.3, 0.4) is 0 Å². The van der Waals surface area contributed by atoms with Crippen LogP contribution in [0.4, 0.5) is 0 Å². The van der Waals surface area contributed by atoms with Gasteiger partial charge in [0.2, 0.25) is 0 Å². The third kappa shape index (κ3) is 6.13. The molecular weight excluding hydrogens is 250 g/mol. The lowest BCUT2D eigenvalue weighted by molar-refractivity contribution is 0.360. The lowest BCUT2D eigenvalue weighted by Gasteiger charge is -2.26. The van der Waals surface area contributed by atoms with Crippen molar-refractivity contribution in [3.63, 3.8) is 0 Å². The zero-order valence-corrected chi connectivity index (χ0v) is 13.1. The molecule has 18 heavy (non-hydrogen) atoms. The first-order chi connectivity index (χ1) is 8.50. The summed E-state index contributed by atoms with van der Waals surface area (Å²) < 4.78 is 27.5. The number of unbranched alkanes of at least 4 members (excludes halogenated alkanes) is 1. The molecule has 0 atom stereocenters. The molecule has 0 unspecified atom stereocenters. The molecule has 0 saturated carbocycles. The lowest BCUT2D eigenvalue weighted by Crippen LogP contribution is -2.43. The quantitative estimate of drug-likeness (QED) is 0.580. The van der Waals surface area contributed by atoms with Gasteiger partial charge in [0.1, 0.15) is 0 Å². The van der Waals surface area contributed by atoms with Gasteiger partial charge in [-0.2, -0.15) is 17.0 Å². The topological polar surface area (TPSA) is 52.7 Å². The smallest absolute Gasteiger partial charge is 0.281 e. The van der Waals surface area contributed by atoms with Gasteiger partial charge in [0, 0.05) is 26.7 Å². The van der Waals surface area contributed by atoms with Gasteiger partial charge < -0.3 is 5.32 Å². The maximum absolute atomic E-state index is 12.3. The molecule has 0 aromatic heterocycles. The lowest BCUT2D eigenvalue weighted by atomic mass is 10.3. The Labute approximate surface area is 113 Å². The molecule has 0 aromatic carbocycles. The summed E-state index contributed by atoms with van der Waals surface area (Å²) in [6.07, 6.45) is 2.77.